The van der Waals surface area contributed by atoms with Crippen LogP contribution in [0.1, 0.15) is 18.3 Å². The zero-order valence-corrected chi connectivity index (χ0v) is 14.2. The number of hydrogen-bond donors (Lipinski definition) is 1. The molecule has 3 rings (SSSR count). The standard InChI is InChI=1S/C17H19N3O2S/c1-4-13-5-7-14(8-6-13)19-23(21,22)15-9-10-17-16(11-15)18-12(2)20(17)3/h5-11,19H,4H2,1-3H3. The van der Waals surface area contributed by atoms with Gasteiger partial charge in [-0.1, -0.05) is 19.1 Å². The molecule has 120 valence electrons. The first-order valence-corrected chi connectivity index (χ1v) is 8.94. The van der Waals surface area contributed by atoms with Gasteiger partial charge in [-0.05, 0) is 49.2 Å². The molecular weight excluding hydrogens is 310 g/mol. The van der Waals surface area contributed by atoms with Crippen LogP contribution in [0.25, 0.3) is 11.0 Å². The molecular formula is C17H19N3O2S. The fourth-order valence-corrected chi connectivity index (χ4v) is 3.57. The van der Waals surface area contributed by atoms with Crippen LogP contribution >= 0.6 is 0 Å². The Labute approximate surface area is 136 Å². The molecule has 3 aromatic rings. The number of rotatable bonds is 4. The van der Waals surface area contributed by atoms with E-state index in [-0.39, 0.29) is 4.90 Å². The zero-order chi connectivity index (χ0) is 16.6. The first-order chi connectivity index (χ1) is 10.9. The summed E-state index contributed by atoms with van der Waals surface area (Å²) in [6.07, 6.45) is 0.919. The van der Waals surface area contributed by atoms with Gasteiger partial charge < -0.3 is 4.57 Å². The van der Waals surface area contributed by atoms with Crippen LogP contribution in [0.15, 0.2) is 47.4 Å². The lowest BCUT2D eigenvalue weighted by Gasteiger charge is -2.09. The molecule has 0 atom stereocenters. The Balaban J connectivity index is 1.95. The normalized spacial score (nSPS) is 11.8. The Morgan fingerprint density at radius 2 is 1.83 bits per heavy atom. The fourth-order valence-electron chi connectivity index (χ4n) is 2.49. The van der Waals surface area contributed by atoms with Crippen LogP contribution in [0.2, 0.25) is 0 Å². The van der Waals surface area contributed by atoms with Gasteiger partial charge in [-0.15, -0.1) is 0 Å². The van der Waals surface area contributed by atoms with E-state index in [1.54, 1.807) is 30.3 Å². The third kappa shape index (κ3) is 2.94. The smallest absolute Gasteiger partial charge is 0.261 e. The summed E-state index contributed by atoms with van der Waals surface area (Å²) in [4.78, 5) is 4.60. The summed E-state index contributed by atoms with van der Waals surface area (Å²) in [5, 5.41) is 0. The average Bonchev–Trinajstić information content (AvgIpc) is 2.82. The van der Waals surface area contributed by atoms with E-state index in [0.717, 1.165) is 17.8 Å². The van der Waals surface area contributed by atoms with Crippen LogP contribution in [0.4, 0.5) is 5.69 Å². The molecule has 0 bridgehead atoms. The van der Waals surface area contributed by atoms with E-state index in [1.807, 2.05) is 30.7 Å². The summed E-state index contributed by atoms with van der Waals surface area (Å²) in [6, 6.07) is 12.4. The van der Waals surface area contributed by atoms with Gasteiger partial charge in [0.1, 0.15) is 5.82 Å². The minimum Gasteiger partial charge on any atom is -0.331 e. The van der Waals surface area contributed by atoms with Crippen molar-refractivity contribution < 1.29 is 8.42 Å². The van der Waals surface area contributed by atoms with Crippen molar-refractivity contribution in [2.75, 3.05) is 4.72 Å². The molecule has 5 nitrogen and oxygen atoms in total. The number of hydrogen-bond acceptors (Lipinski definition) is 3. The van der Waals surface area contributed by atoms with Gasteiger partial charge in [-0.3, -0.25) is 4.72 Å². The zero-order valence-electron chi connectivity index (χ0n) is 13.4. The third-order valence-corrected chi connectivity index (χ3v) is 5.38. The number of benzene rings is 2. The van der Waals surface area contributed by atoms with Crippen molar-refractivity contribution >= 4 is 26.7 Å². The molecule has 0 unspecified atom stereocenters. The monoisotopic (exact) mass is 329 g/mol. The van der Waals surface area contributed by atoms with Crippen molar-refractivity contribution in [3.05, 3.63) is 53.9 Å². The van der Waals surface area contributed by atoms with Crippen LogP contribution in [0, 0.1) is 6.92 Å². The molecule has 0 saturated heterocycles. The highest BCUT2D eigenvalue weighted by Crippen LogP contribution is 2.22. The average molecular weight is 329 g/mol. The summed E-state index contributed by atoms with van der Waals surface area (Å²) in [7, 11) is -1.72. The molecule has 6 heteroatoms. The minimum atomic E-state index is -3.63. The van der Waals surface area contributed by atoms with E-state index in [1.165, 1.54) is 5.56 Å². The van der Waals surface area contributed by atoms with Gasteiger partial charge in [0.2, 0.25) is 0 Å². The van der Waals surface area contributed by atoms with Crippen LogP contribution in [0.3, 0.4) is 0 Å². The van der Waals surface area contributed by atoms with Crippen molar-refractivity contribution in [1.82, 2.24) is 9.55 Å². The Morgan fingerprint density at radius 3 is 2.48 bits per heavy atom. The molecule has 23 heavy (non-hydrogen) atoms. The SMILES string of the molecule is CCc1ccc(NS(=O)(=O)c2ccc3c(c2)nc(C)n3C)cc1. The highest BCUT2D eigenvalue weighted by Gasteiger charge is 2.16. The van der Waals surface area contributed by atoms with Crippen LogP contribution in [0.5, 0.6) is 0 Å². The quantitative estimate of drug-likeness (QED) is 0.799. The molecule has 0 amide bonds. The predicted octanol–water partition coefficient (Wildman–Crippen LogP) is 3.24. The van der Waals surface area contributed by atoms with Crippen LogP contribution < -0.4 is 4.72 Å². The summed E-state index contributed by atoms with van der Waals surface area (Å²) in [6.45, 7) is 3.95. The van der Waals surface area contributed by atoms with Gasteiger partial charge in [-0.2, -0.15) is 0 Å². The van der Waals surface area contributed by atoms with Gasteiger partial charge in [0.05, 0.1) is 15.9 Å². The highest BCUT2D eigenvalue weighted by molar-refractivity contribution is 7.92. The first-order valence-electron chi connectivity index (χ1n) is 7.45. The fraction of sp³-hybridized carbons (Fsp3) is 0.235. The van der Waals surface area contributed by atoms with Crippen molar-refractivity contribution in [2.24, 2.45) is 7.05 Å². The number of anilines is 1. The summed E-state index contributed by atoms with van der Waals surface area (Å²) in [5.74, 6) is 0.845. The maximum Gasteiger partial charge on any atom is 0.261 e. The van der Waals surface area contributed by atoms with E-state index < -0.39 is 10.0 Å². The molecule has 0 fully saturated rings. The summed E-state index contributed by atoms with van der Waals surface area (Å²) in [5.41, 5.74) is 3.31. The van der Waals surface area contributed by atoms with Gasteiger partial charge in [0, 0.05) is 12.7 Å². The topological polar surface area (TPSA) is 64.0 Å². The third-order valence-electron chi connectivity index (χ3n) is 4.00. The van der Waals surface area contributed by atoms with E-state index >= 15 is 0 Å². The molecule has 1 heterocycles. The maximum atomic E-state index is 12.5. The minimum absolute atomic E-state index is 0.211. The molecule has 1 N–H and O–H groups in total. The summed E-state index contributed by atoms with van der Waals surface area (Å²) >= 11 is 0. The molecule has 0 aliphatic carbocycles. The molecule has 0 aliphatic rings. The lowest BCUT2D eigenvalue weighted by molar-refractivity contribution is 0.601. The Bertz CT molecular complexity index is 957. The van der Waals surface area contributed by atoms with Crippen LogP contribution in [-0.4, -0.2) is 18.0 Å². The van der Waals surface area contributed by atoms with Gasteiger partial charge in [-0.25, -0.2) is 13.4 Å². The van der Waals surface area contributed by atoms with E-state index in [4.69, 9.17) is 0 Å². The van der Waals surface area contributed by atoms with Gasteiger partial charge in [0.25, 0.3) is 10.0 Å². The van der Waals surface area contributed by atoms with E-state index in [2.05, 4.69) is 16.6 Å². The van der Waals surface area contributed by atoms with Crippen LogP contribution in [-0.2, 0) is 23.5 Å². The lowest BCUT2D eigenvalue weighted by Crippen LogP contribution is -2.12. The summed E-state index contributed by atoms with van der Waals surface area (Å²) < 4.78 is 29.6. The molecule has 0 radical (unpaired) electrons. The molecule has 2 aromatic carbocycles. The van der Waals surface area contributed by atoms with Crippen molar-refractivity contribution in [2.45, 2.75) is 25.2 Å². The lowest BCUT2D eigenvalue weighted by atomic mass is 10.2. The number of nitrogens with one attached hydrogen (secondary N) is 1. The highest BCUT2D eigenvalue weighted by atomic mass is 32.2. The predicted molar refractivity (Wildman–Crippen MR) is 92.1 cm³/mol. The Kier molecular flexibility index (Phi) is 3.85. The number of sulfonamides is 1. The second-order valence-electron chi connectivity index (χ2n) is 5.52. The van der Waals surface area contributed by atoms with Crippen molar-refractivity contribution in [1.29, 1.82) is 0 Å². The number of nitrogens with zero attached hydrogens (tertiary/aromatic N) is 2. The number of aromatic nitrogens is 2. The molecule has 0 spiro atoms. The number of aryl methyl sites for hydroxylation is 3. The second kappa shape index (κ2) is 5.70. The first kappa shape index (κ1) is 15.6. The van der Waals surface area contributed by atoms with E-state index in [0.29, 0.717) is 11.2 Å². The second-order valence-corrected chi connectivity index (χ2v) is 7.21. The maximum absolute atomic E-state index is 12.5. The number of imidazole rings is 1. The van der Waals surface area contributed by atoms with Crippen molar-refractivity contribution in [3.63, 3.8) is 0 Å². The largest absolute Gasteiger partial charge is 0.331 e. The molecule has 0 saturated carbocycles. The van der Waals surface area contributed by atoms with E-state index in [9.17, 15) is 8.42 Å². The number of fused-ring (bicyclic) bond motifs is 1. The Morgan fingerprint density at radius 1 is 1.13 bits per heavy atom. The molecule has 1 aromatic heterocycles. The van der Waals surface area contributed by atoms with Gasteiger partial charge in [0.15, 0.2) is 0 Å². The molecule has 0 aliphatic heterocycles. The van der Waals surface area contributed by atoms with Gasteiger partial charge >= 0.3 is 0 Å². The van der Waals surface area contributed by atoms with Crippen molar-refractivity contribution in [3.8, 4) is 0 Å². The Hall–Kier alpha value is -2.34.